The molecule has 0 saturated heterocycles. The molecule has 13 heavy (non-hydrogen) atoms. The second-order valence-corrected chi connectivity index (χ2v) is 2.93. The smallest absolute Gasteiger partial charge is 0.239 e. The molecule has 0 aliphatic carbocycles. The van der Waals surface area contributed by atoms with Gasteiger partial charge in [0.25, 0.3) is 0 Å². The number of carbonyl (C=O) groups is 1. The van der Waals surface area contributed by atoms with Crippen LogP contribution in [-0.4, -0.2) is 15.9 Å². The molecule has 0 unspecified atom stereocenters. The molecule has 0 bridgehead atoms. The minimum Gasteiger partial charge on any atom is -0.273 e. The number of hydrogen-bond donors (Lipinski definition) is 1. The second kappa shape index (κ2) is 3.87. The maximum absolute atomic E-state index is 10.8. The molecule has 70 valence electrons. The summed E-state index contributed by atoms with van der Waals surface area (Å²) in [6, 6.07) is 1.34. The first-order chi connectivity index (χ1) is 6.00. The minimum atomic E-state index is -0.370. The molecule has 1 rings (SSSR count). The summed E-state index contributed by atoms with van der Waals surface area (Å²) in [6.07, 6.45) is 0. The number of amides is 1. The number of hydrogen-bond acceptors (Lipinski definition) is 4. The largest absolute Gasteiger partial charge is 0.273 e. The second-order valence-electron chi connectivity index (χ2n) is 2.21. The van der Waals surface area contributed by atoms with E-state index in [0.717, 1.165) is 5.01 Å². The minimum absolute atomic E-state index is 0.0563. The van der Waals surface area contributed by atoms with Crippen LogP contribution in [0.1, 0.15) is 6.92 Å². The van der Waals surface area contributed by atoms with Crippen LogP contribution in [0.3, 0.4) is 0 Å². The Morgan fingerprint density at radius 3 is 2.62 bits per heavy atom. The van der Waals surface area contributed by atoms with E-state index in [0.29, 0.717) is 0 Å². The van der Waals surface area contributed by atoms with Gasteiger partial charge < -0.3 is 0 Å². The first-order valence-electron chi connectivity index (χ1n) is 3.26. The Balaban J connectivity index is 3.07. The summed E-state index contributed by atoms with van der Waals surface area (Å²) in [6.45, 7) is 1.30. The van der Waals surface area contributed by atoms with Crippen LogP contribution in [0.2, 0.25) is 10.4 Å². The maximum atomic E-state index is 10.8. The third kappa shape index (κ3) is 2.51. The van der Waals surface area contributed by atoms with Crippen molar-refractivity contribution in [2.45, 2.75) is 6.92 Å². The van der Waals surface area contributed by atoms with E-state index in [1.54, 1.807) is 0 Å². The number of anilines is 1. The highest BCUT2D eigenvalue weighted by Crippen LogP contribution is 2.16. The lowest BCUT2D eigenvalue weighted by Crippen LogP contribution is -2.36. The SMILES string of the molecule is CC(=O)N(N)c1cc(Cl)nc(Cl)n1. The molecule has 0 aromatic carbocycles. The highest BCUT2D eigenvalue weighted by atomic mass is 35.5. The van der Waals surface area contributed by atoms with Crippen LogP contribution in [0.15, 0.2) is 6.07 Å². The van der Waals surface area contributed by atoms with E-state index in [2.05, 4.69) is 9.97 Å². The number of halogens is 2. The molecule has 5 nitrogen and oxygen atoms in total. The first kappa shape index (κ1) is 10.2. The summed E-state index contributed by atoms with van der Waals surface area (Å²) < 4.78 is 0. The third-order valence-corrected chi connectivity index (χ3v) is 1.60. The van der Waals surface area contributed by atoms with E-state index in [9.17, 15) is 4.79 Å². The Morgan fingerprint density at radius 2 is 2.15 bits per heavy atom. The molecule has 1 aromatic heterocycles. The monoisotopic (exact) mass is 220 g/mol. The number of aromatic nitrogens is 2. The molecule has 0 radical (unpaired) electrons. The summed E-state index contributed by atoms with van der Waals surface area (Å²) >= 11 is 11.1. The van der Waals surface area contributed by atoms with Gasteiger partial charge in [-0.1, -0.05) is 11.6 Å². The standard InChI is InChI=1S/C6H6Cl2N4O/c1-3(13)12(9)5-2-4(7)10-6(8)11-5/h2H,9H2,1H3. The van der Waals surface area contributed by atoms with E-state index >= 15 is 0 Å². The molecule has 2 N–H and O–H groups in total. The Kier molecular flexibility index (Phi) is 3.02. The van der Waals surface area contributed by atoms with E-state index in [1.807, 2.05) is 0 Å². The van der Waals surface area contributed by atoms with E-state index < -0.39 is 0 Å². The Labute approximate surface area is 84.4 Å². The number of hydrazine groups is 1. The van der Waals surface area contributed by atoms with Gasteiger partial charge in [0.1, 0.15) is 5.15 Å². The average molecular weight is 221 g/mol. The summed E-state index contributed by atoms with van der Waals surface area (Å²) in [7, 11) is 0. The van der Waals surface area contributed by atoms with Crippen molar-refractivity contribution in [2.24, 2.45) is 5.84 Å². The Bertz CT molecular complexity index is 323. The van der Waals surface area contributed by atoms with Crippen LogP contribution in [-0.2, 0) is 4.79 Å². The van der Waals surface area contributed by atoms with Crippen LogP contribution < -0.4 is 10.9 Å². The quantitative estimate of drug-likeness (QED) is 0.252. The number of carbonyl (C=O) groups excluding carboxylic acids is 1. The van der Waals surface area contributed by atoms with Crippen molar-refractivity contribution in [3.05, 3.63) is 16.5 Å². The fourth-order valence-electron chi connectivity index (χ4n) is 0.663. The molecule has 1 heterocycles. The van der Waals surface area contributed by atoms with Crippen molar-refractivity contribution in [3.63, 3.8) is 0 Å². The third-order valence-electron chi connectivity index (χ3n) is 1.24. The molecule has 0 fully saturated rings. The van der Waals surface area contributed by atoms with Gasteiger partial charge in [0.2, 0.25) is 11.2 Å². The zero-order valence-electron chi connectivity index (χ0n) is 6.66. The van der Waals surface area contributed by atoms with Gasteiger partial charge in [0.05, 0.1) is 0 Å². The fraction of sp³-hybridized carbons (Fsp3) is 0.167. The van der Waals surface area contributed by atoms with Crippen molar-refractivity contribution in [3.8, 4) is 0 Å². The topological polar surface area (TPSA) is 72.1 Å². The zero-order chi connectivity index (χ0) is 10.0. The Morgan fingerprint density at radius 1 is 1.54 bits per heavy atom. The lowest BCUT2D eigenvalue weighted by atomic mass is 10.5. The van der Waals surface area contributed by atoms with Crippen molar-refractivity contribution < 1.29 is 4.79 Å². The predicted octanol–water partition coefficient (Wildman–Crippen LogP) is 1.01. The molecular formula is C6H6Cl2N4O. The summed E-state index contributed by atoms with van der Waals surface area (Å²) in [5.41, 5.74) is 0. The zero-order valence-corrected chi connectivity index (χ0v) is 8.17. The summed E-state index contributed by atoms with van der Waals surface area (Å²) in [5.74, 6) is 5.15. The molecule has 0 spiro atoms. The van der Waals surface area contributed by atoms with Gasteiger partial charge in [-0.15, -0.1) is 0 Å². The maximum Gasteiger partial charge on any atom is 0.239 e. The molecule has 0 saturated carbocycles. The van der Waals surface area contributed by atoms with Crippen molar-refractivity contribution >= 4 is 34.9 Å². The predicted molar refractivity (Wildman–Crippen MR) is 49.4 cm³/mol. The van der Waals surface area contributed by atoms with Crippen LogP contribution in [0.25, 0.3) is 0 Å². The summed E-state index contributed by atoms with van der Waals surface area (Å²) in [5, 5.41) is 0.908. The molecule has 0 atom stereocenters. The summed E-state index contributed by atoms with van der Waals surface area (Å²) in [4.78, 5) is 18.1. The number of nitrogens with zero attached hydrogens (tertiary/aromatic N) is 3. The van der Waals surface area contributed by atoms with E-state index in [-0.39, 0.29) is 22.2 Å². The average Bonchev–Trinajstić information content (AvgIpc) is 2.01. The van der Waals surface area contributed by atoms with Crippen LogP contribution >= 0.6 is 23.2 Å². The van der Waals surface area contributed by atoms with Crippen LogP contribution in [0.5, 0.6) is 0 Å². The molecule has 1 aromatic rings. The van der Waals surface area contributed by atoms with Gasteiger partial charge in [-0.3, -0.25) is 4.79 Å². The molecule has 0 aliphatic rings. The van der Waals surface area contributed by atoms with Gasteiger partial charge in [0.15, 0.2) is 5.82 Å². The highest BCUT2D eigenvalue weighted by Gasteiger charge is 2.10. The van der Waals surface area contributed by atoms with Crippen molar-refractivity contribution in [2.75, 3.05) is 5.01 Å². The highest BCUT2D eigenvalue weighted by molar-refractivity contribution is 6.32. The van der Waals surface area contributed by atoms with Gasteiger partial charge in [-0.2, -0.15) is 4.98 Å². The van der Waals surface area contributed by atoms with Crippen molar-refractivity contribution in [1.29, 1.82) is 0 Å². The van der Waals surface area contributed by atoms with Gasteiger partial charge in [-0.25, -0.2) is 15.8 Å². The van der Waals surface area contributed by atoms with Crippen LogP contribution in [0, 0.1) is 0 Å². The lowest BCUT2D eigenvalue weighted by molar-refractivity contribution is -0.116. The van der Waals surface area contributed by atoms with Crippen LogP contribution in [0.4, 0.5) is 5.82 Å². The normalized spacial score (nSPS) is 9.85. The van der Waals surface area contributed by atoms with Gasteiger partial charge in [-0.05, 0) is 11.6 Å². The van der Waals surface area contributed by atoms with Crippen molar-refractivity contribution in [1.82, 2.24) is 9.97 Å². The molecule has 1 amide bonds. The van der Waals surface area contributed by atoms with E-state index in [4.69, 9.17) is 29.0 Å². The van der Waals surface area contributed by atoms with Gasteiger partial charge >= 0.3 is 0 Å². The molecular weight excluding hydrogens is 215 g/mol. The number of rotatable bonds is 1. The van der Waals surface area contributed by atoms with E-state index in [1.165, 1.54) is 13.0 Å². The van der Waals surface area contributed by atoms with Gasteiger partial charge in [0, 0.05) is 13.0 Å². The Hall–Kier alpha value is -0.910. The fourth-order valence-corrected chi connectivity index (χ4v) is 1.06. The number of nitrogens with two attached hydrogens (primary N) is 1. The first-order valence-corrected chi connectivity index (χ1v) is 4.02. The molecule has 7 heteroatoms. The molecule has 0 aliphatic heterocycles. The lowest BCUT2D eigenvalue weighted by Gasteiger charge is -2.12.